The molecule has 2 saturated heterocycles. The van der Waals surface area contributed by atoms with Crippen LogP contribution in [0, 0.1) is 5.92 Å². The van der Waals surface area contributed by atoms with E-state index in [4.69, 9.17) is 0 Å². The number of carbonyl (C=O) groups is 2. The number of hydrogen-bond acceptors (Lipinski definition) is 5. The Bertz CT molecular complexity index is 797. The predicted octanol–water partition coefficient (Wildman–Crippen LogP) is 1.42. The van der Waals surface area contributed by atoms with Gasteiger partial charge in [-0.3, -0.25) is 9.59 Å². The summed E-state index contributed by atoms with van der Waals surface area (Å²) in [6.07, 6.45) is 4.72. The zero-order valence-corrected chi connectivity index (χ0v) is 16.8. The second kappa shape index (κ2) is 7.52. The highest BCUT2D eigenvalue weighted by atomic mass is 32.2. The van der Waals surface area contributed by atoms with Crippen LogP contribution in [0.1, 0.15) is 38.5 Å². The van der Waals surface area contributed by atoms with Gasteiger partial charge in [0.25, 0.3) is 10.0 Å². The van der Waals surface area contributed by atoms with Crippen LogP contribution in [0.15, 0.2) is 21.7 Å². The first kappa shape index (κ1) is 18.9. The van der Waals surface area contributed by atoms with Crippen molar-refractivity contribution < 1.29 is 18.0 Å². The number of thiophene rings is 1. The van der Waals surface area contributed by atoms with Crippen molar-refractivity contribution in [2.24, 2.45) is 5.92 Å². The molecule has 0 radical (unpaired) electrons. The molecule has 1 saturated carbocycles. The fourth-order valence-electron chi connectivity index (χ4n) is 3.95. The zero-order chi connectivity index (χ0) is 19.0. The van der Waals surface area contributed by atoms with Crippen molar-refractivity contribution in [1.82, 2.24) is 14.5 Å². The molecule has 0 bridgehead atoms. The molecule has 9 heteroatoms. The molecule has 1 aromatic heterocycles. The fourth-order valence-corrected chi connectivity index (χ4v) is 6.72. The second-order valence-corrected chi connectivity index (χ2v) is 10.7. The summed E-state index contributed by atoms with van der Waals surface area (Å²) in [6.45, 7) is 1.72. The summed E-state index contributed by atoms with van der Waals surface area (Å²) in [4.78, 5) is 26.8. The molecule has 148 valence electrons. The van der Waals surface area contributed by atoms with Crippen molar-refractivity contribution in [1.29, 1.82) is 0 Å². The fraction of sp³-hybridized carbons (Fsp3) is 0.667. The Kier molecular flexibility index (Phi) is 5.26. The molecule has 1 N–H and O–H groups in total. The van der Waals surface area contributed by atoms with Crippen LogP contribution in [-0.4, -0.2) is 61.2 Å². The van der Waals surface area contributed by atoms with Crippen LogP contribution in [-0.2, 0) is 19.6 Å². The van der Waals surface area contributed by atoms with Crippen LogP contribution >= 0.6 is 11.3 Å². The average Bonchev–Trinajstić information content (AvgIpc) is 3.13. The van der Waals surface area contributed by atoms with Gasteiger partial charge in [0.2, 0.25) is 11.8 Å². The largest absolute Gasteiger partial charge is 0.352 e. The second-order valence-electron chi connectivity index (χ2n) is 7.59. The quantitative estimate of drug-likeness (QED) is 0.794. The maximum atomic E-state index is 12.8. The van der Waals surface area contributed by atoms with E-state index in [-0.39, 0.29) is 28.0 Å². The number of nitrogens with zero attached hydrogens (tertiary/aromatic N) is 2. The van der Waals surface area contributed by atoms with E-state index in [0.717, 1.165) is 25.7 Å². The molecule has 3 aliphatic rings. The average molecular weight is 412 g/mol. The smallest absolute Gasteiger partial charge is 0.253 e. The number of carbonyl (C=O) groups excluding carboxylic acids is 2. The van der Waals surface area contributed by atoms with E-state index in [0.29, 0.717) is 32.5 Å². The lowest BCUT2D eigenvalue weighted by Gasteiger charge is -2.33. The molecule has 1 aliphatic carbocycles. The molecular formula is C18H25N3O4S2. The third-order valence-corrected chi connectivity index (χ3v) is 8.93. The monoisotopic (exact) mass is 411 g/mol. The highest BCUT2D eigenvalue weighted by molar-refractivity contribution is 7.91. The Morgan fingerprint density at radius 1 is 1.07 bits per heavy atom. The van der Waals surface area contributed by atoms with E-state index in [1.807, 2.05) is 4.90 Å². The van der Waals surface area contributed by atoms with Crippen molar-refractivity contribution in [3.05, 3.63) is 17.5 Å². The molecule has 1 unspecified atom stereocenters. The first-order valence-electron chi connectivity index (χ1n) is 9.61. The Balaban J connectivity index is 1.35. The van der Waals surface area contributed by atoms with Crippen LogP contribution < -0.4 is 5.32 Å². The van der Waals surface area contributed by atoms with Crippen molar-refractivity contribution in [3.63, 3.8) is 0 Å². The van der Waals surface area contributed by atoms with Crippen LogP contribution in [0.5, 0.6) is 0 Å². The summed E-state index contributed by atoms with van der Waals surface area (Å²) in [7, 11) is -3.61. The lowest BCUT2D eigenvalue weighted by atomic mass is 10.0. The van der Waals surface area contributed by atoms with E-state index in [9.17, 15) is 18.0 Å². The minimum atomic E-state index is -3.61. The number of nitrogens with one attached hydrogen (secondary N) is 1. The molecular weight excluding hydrogens is 386 g/mol. The van der Waals surface area contributed by atoms with Crippen molar-refractivity contribution in [3.8, 4) is 0 Å². The molecule has 2 aliphatic heterocycles. The third kappa shape index (κ3) is 3.90. The van der Waals surface area contributed by atoms with Gasteiger partial charge in [0.1, 0.15) is 10.3 Å². The summed E-state index contributed by atoms with van der Waals surface area (Å²) in [5.74, 6) is 0.272. The SMILES string of the molecule is O=C(NC1CCN(C(=O)C2CC2)CC1)C1CCCN1S(=O)(=O)c1cccs1. The molecule has 2 amide bonds. The molecule has 1 atom stereocenters. The van der Waals surface area contributed by atoms with Crippen LogP contribution in [0.4, 0.5) is 0 Å². The van der Waals surface area contributed by atoms with Gasteiger partial charge in [0, 0.05) is 31.6 Å². The highest BCUT2D eigenvalue weighted by Crippen LogP contribution is 2.32. The first-order chi connectivity index (χ1) is 13.0. The van der Waals surface area contributed by atoms with Crippen molar-refractivity contribution >= 4 is 33.2 Å². The number of rotatable bonds is 5. The van der Waals surface area contributed by atoms with Gasteiger partial charge in [-0.2, -0.15) is 4.31 Å². The Morgan fingerprint density at radius 3 is 2.44 bits per heavy atom. The van der Waals surface area contributed by atoms with E-state index >= 15 is 0 Å². The maximum Gasteiger partial charge on any atom is 0.253 e. The number of hydrogen-bond donors (Lipinski definition) is 1. The number of piperidine rings is 1. The van der Waals surface area contributed by atoms with Crippen LogP contribution in [0.3, 0.4) is 0 Å². The first-order valence-corrected chi connectivity index (χ1v) is 11.9. The molecule has 0 aromatic carbocycles. The van der Waals surface area contributed by atoms with Gasteiger partial charge in [-0.1, -0.05) is 6.07 Å². The summed E-state index contributed by atoms with van der Waals surface area (Å²) < 4.78 is 27.2. The minimum Gasteiger partial charge on any atom is -0.352 e. The predicted molar refractivity (Wildman–Crippen MR) is 102 cm³/mol. The third-order valence-electron chi connectivity index (χ3n) is 5.64. The van der Waals surface area contributed by atoms with Gasteiger partial charge < -0.3 is 10.2 Å². The molecule has 1 aromatic rings. The van der Waals surface area contributed by atoms with Crippen molar-refractivity contribution in [2.45, 2.75) is 54.8 Å². The molecule has 7 nitrogen and oxygen atoms in total. The maximum absolute atomic E-state index is 12.8. The summed E-state index contributed by atoms with van der Waals surface area (Å²) in [5.41, 5.74) is 0. The van der Waals surface area contributed by atoms with Gasteiger partial charge in [0.05, 0.1) is 0 Å². The lowest BCUT2D eigenvalue weighted by Crippen LogP contribution is -2.52. The van der Waals surface area contributed by atoms with Gasteiger partial charge in [-0.15, -0.1) is 11.3 Å². The lowest BCUT2D eigenvalue weighted by molar-refractivity contribution is -0.133. The standard InChI is InChI=1S/C18H25N3O4S2/c22-17(19-14-7-10-20(11-8-14)18(23)13-5-6-13)15-3-1-9-21(15)27(24,25)16-4-2-12-26-16/h2,4,12-15H,1,3,5-11H2,(H,19,22). The van der Waals surface area contributed by atoms with Crippen molar-refractivity contribution in [2.75, 3.05) is 19.6 Å². The molecule has 27 heavy (non-hydrogen) atoms. The van der Waals surface area contributed by atoms with Gasteiger partial charge in [-0.05, 0) is 50.0 Å². The normalized spacial score (nSPS) is 24.9. The zero-order valence-electron chi connectivity index (χ0n) is 15.2. The molecule has 0 spiro atoms. The number of sulfonamides is 1. The molecule has 3 fully saturated rings. The topological polar surface area (TPSA) is 86.8 Å². The van der Waals surface area contributed by atoms with E-state index in [2.05, 4.69) is 5.32 Å². The van der Waals surface area contributed by atoms with Gasteiger partial charge >= 0.3 is 0 Å². The number of amides is 2. The minimum absolute atomic E-state index is 0.00708. The Morgan fingerprint density at radius 2 is 1.81 bits per heavy atom. The van der Waals surface area contributed by atoms with E-state index < -0.39 is 16.1 Å². The summed E-state index contributed by atoms with van der Waals surface area (Å²) in [6, 6.07) is 2.66. The highest BCUT2D eigenvalue weighted by Gasteiger charge is 2.41. The molecule has 3 heterocycles. The van der Waals surface area contributed by atoms with Crippen LogP contribution in [0.25, 0.3) is 0 Å². The Hall–Kier alpha value is -1.45. The Labute approximate surface area is 163 Å². The summed E-state index contributed by atoms with van der Waals surface area (Å²) >= 11 is 1.18. The van der Waals surface area contributed by atoms with Gasteiger partial charge in [-0.25, -0.2) is 8.42 Å². The number of likely N-dealkylation sites (tertiary alicyclic amines) is 1. The van der Waals surface area contributed by atoms with E-state index in [1.165, 1.54) is 15.6 Å². The van der Waals surface area contributed by atoms with Gasteiger partial charge in [0.15, 0.2) is 0 Å². The summed E-state index contributed by atoms with van der Waals surface area (Å²) in [5, 5.41) is 4.76. The van der Waals surface area contributed by atoms with E-state index in [1.54, 1.807) is 17.5 Å². The van der Waals surface area contributed by atoms with Crippen LogP contribution in [0.2, 0.25) is 0 Å². The molecule has 4 rings (SSSR count).